The van der Waals surface area contributed by atoms with E-state index >= 15 is 0 Å². The summed E-state index contributed by atoms with van der Waals surface area (Å²) >= 11 is 5.92. The van der Waals surface area contributed by atoms with E-state index in [4.69, 9.17) is 21.3 Å². The van der Waals surface area contributed by atoms with Crippen molar-refractivity contribution < 1.29 is 19.4 Å². The van der Waals surface area contributed by atoms with E-state index in [9.17, 15) is 19.5 Å². The molecule has 0 spiro atoms. The molecule has 11 nitrogen and oxygen atoms in total. The molecule has 210 valence electrons. The van der Waals surface area contributed by atoms with Crippen LogP contribution in [0.2, 0.25) is 5.15 Å². The molecule has 6 rings (SSSR count). The SMILES string of the molecule is Cc1cc([C@@H](C)Nc2ccc(Cl)nc2C(=O)O)c2nc(N3C[C@@H]4C(OC(=O)N5CCCC5)[C@@H]4C3)n(C)c(=O)c2c1. The van der Waals surface area contributed by atoms with Gasteiger partial charge in [0.25, 0.3) is 5.56 Å². The summed E-state index contributed by atoms with van der Waals surface area (Å²) in [6.45, 7) is 6.63. The van der Waals surface area contributed by atoms with Crippen LogP contribution in [0.5, 0.6) is 0 Å². The number of likely N-dealkylation sites (tertiary alicyclic amines) is 1. The summed E-state index contributed by atoms with van der Waals surface area (Å²) in [5.41, 5.74) is 2.19. The Bertz CT molecular complexity index is 1570. The van der Waals surface area contributed by atoms with Crippen LogP contribution in [-0.2, 0) is 11.8 Å². The smallest absolute Gasteiger partial charge is 0.410 e. The molecule has 1 aromatic carbocycles. The number of benzene rings is 1. The molecule has 2 N–H and O–H groups in total. The van der Waals surface area contributed by atoms with Gasteiger partial charge < -0.3 is 25.0 Å². The van der Waals surface area contributed by atoms with E-state index in [0.29, 0.717) is 35.6 Å². The minimum Gasteiger partial charge on any atom is -0.476 e. The van der Waals surface area contributed by atoms with Crippen molar-refractivity contribution in [1.29, 1.82) is 0 Å². The zero-order valence-corrected chi connectivity index (χ0v) is 23.3. The van der Waals surface area contributed by atoms with E-state index in [2.05, 4.69) is 15.2 Å². The van der Waals surface area contributed by atoms with Crippen LogP contribution in [0.4, 0.5) is 16.4 Å². The summed E-state index contributed by atoms with van der Waals surface area (Å²) in [7, 11) is 1.72. The van der Waals surface area contributed by atoms with E-state index in [1.165, 1.54) is 6.07 Å². The van der Waals surface area contributed by atoms with Gasteiger partial charge in [0.05, 0.1) is 22.6 Å². The number of carbonyl (C=O) groups excluding carboxylic acids is 1. The number of nitrogens with one attached hydrogen (secondary N) is 1. The molecule has 1 amide bonds. The van der Waals surface area contributed by atoms with Gasteiger partial charge in [-0.2, -0.15) is 0 Å². The number of halogens is 1. The number of aryl methyl sites for hydroxylation is 1. The first-order valence-corrected chi connectivity index (χ1v) is 13.9. The summed E-state index contributed by atoms with van der Waals surface area (Å²) in [6.07, 6.45) is 1.74. The molecule has 3 fully saturated rings. The summed E-state index contributed by atoms with van der Waals surface area (Å²) in [4.78, 5) is 50.5. The number of ether oxygens (including phenoxy) is 1. The van der Waals surface area contributed by atoms with Crippen LogP contribution < -0.4 is 15.8 Å². The number of rotatable bonds is 6. The lowest BCUT2D eigenvalue weighted by Gasteiger charge is -2.25. The van der Waals surface area contributed by atoms with Crippen molar-refractivity contribution in [2.45, 2.75) is 38.8 Å². The third kappa shape index (κ3) is 4.61. The number of nitrogens with zero attached hydrogens (tertiary/aromatic N) is 5. The van der Waals surface area contributed by atoms with E-state index in [1.54, 1.807) is 22.6 Å². The molecule has 4 atom stereocenters. The zero-order chi connectivity index (χ0) is 28.3. The van der Waals surface area contributed by atoms with Gasteiger partial charge in [0.2, 0.25) is 5.95 Å². The minimum atomic E-state index is -1.20. The van der Waals surface area contributed by atoms with Crippen LogP contribution in [0.15, 0.2) is 29.1 Å². The number of anilines is 2. The second kappa shape index (κ2) is 9.96. The molecular formula is C28H31ClN6O5. The Morgan fingerprint density at radius 2 is 1.85 bits per heavy atom. The van der Waals surface area contributed by atoms with Gasteiger partial charge in [0.1, 0.15) is 11.3 Å². The number of carbonyl (C=O) groups is 2. The lowest BCUT2D eigenvalue weighted by atomic mass is 10.0. The molecule has 1 aliphatic carbocycles. The number of hydrogen-bond donors (Lipinski definition) is 2. The van der Waals surface area contributed by atoms with Gasteiger partial charge in [-0.15, -0.1) is 0 Å². The van der Waals surface area contributed by atoms with Crippen molar-refractivity contribution >= 4 is 46.2 Å². The van der Waals surface area contributed by atoms with Gasteiger partial charge in [0.15, 0.2) is 5.69 Å². The first-order chi connectivity index (χ1) is 19.1. The van der Waals surface area contributed by atoms with Crippen molar-refractivity contribution in [2.75, 3.05) is 36.4 Å². The van der Waals surface area contributed by atoms with Crippen LogP contribution in [0, 0.1) is 18.8 Å². The molecule has 2 aliphatic heterocycles. The maximum atomic E-state index is 13.5. The van der Waals surface area contributed by atoms with Gasteiger partial charge in [-0.3, -0.25) is 9.36 Å². The van der Waals surface area contributed by atoms with Crippen molar-refractivity contribution in [3.05, 3.63) is 56.6 Å². The topological polar surface area (TPSA) is 130 Å². The predicted molar refractivity (Wildman–Crippen MR) is 150 cm³/mol. The van der Waals surface area contributed by atoms with Gasteiger partial charge in [-0.25, -0.2) is 19.6 Å². The first kappa shape index (κ1) is 26.4. The molecule has 1 saturated carbocycles. The Labute approximate surface area is 235 Å². The fraction of sp³-hybridized carbons (Fsp3) is 0.464. The quantitative estimate of drug-likeness (QED) is 0.427. The Morgan fingerprint density at radius 1 is 1.15 bits per heavy atom. The molecule has 3 aromatic rings. The highest BCUT2D eigenvalue weighted by molar-refractivity contribution is 6.29. The number of hydrogen-bond acceptors (Lipinski definition) is 8. The normalized spacial score (nSPS) is 22.4. The van der Waals surface area contributed by atoms with Gasteiger partial charge in [-0.1, -0.05) is 17.7 Å². The zero-order valence-electron chi connectivity index (χ0n) is 22.6. The average Bonchev–Trinajstić information content (AvgIpc) is 3.31. The standard InChI is InChI=1S/C28H31ClN6O5/c1-14-10-16(15(2)30-20-6-7-21(29)31-23(20)26(37)38)22-17(11-14)25(36)33(3)27(32-22)35-12-18-19(13-35)24(18)40-28(39)34-8-4-5-9-34/h6-7,10-11,15,18-19,24,30H,4-5,8-9,12-13H2,1-3H3,(H,37,38)/t15-,18-,19+,24?/m1/s1. The lowest BCUT2D eigenvalue weighted by Crippen LogP contribution is -2.35. The number of carboxylic acids is 1. The third-order valence-corrected chi connectivity index (χ3v) is 8.44. The molecule has 1 unspecified atom stereocenters. The number of aromatic carboxylic acids is 1. The number of fused-ring (bicyclic) bond motifs is 2. The fourth-order valence-electron chi connectivity index (χ4n) is 6.08. The predicted octanol–water partition coefficient (Wildman–Crippen LogP) is 3.83. The third-order valence-electron chi connectivity index (χ3n) is 8.23. The second-order valence-corrected chi connectivity index (χ2v) is 11.4. The number of pyridine rings is 1. The Balaban J connectivity index is 1.27. The van der Waals surface area contributed by atoms with Crippen LogP contribution in [0.1, 0.15) is 47.4 Å². The molecule has 3 aliphatic rings. The van der Waals surface area contributed by atoms with Crippen LogP contribution in [0.3, 0.4) is 0 Å². The van der Waals surface area contributed by atoms with Crippen LogP contribution in [-0.4, -0.2) is 68.9 Å². The highest BCUT2D eigenvalue weighted by Gasteiger charge is 2.59. The molecule has 4 heterocycles. The Morgan fingerprint density at radius 3 is 2.52 bits per heavy atom. The highest BCUT2D eigenvalue weighted by Crippen LogP contribution is 2.49. The van der Waals surface area contributed by atoms with E-state index in [-0.39, 0.29) is 40.4 Å². The largest absolute Gasteiger partial charge is 0.476 e. The van der Waals surface area contributed by atoms with E-state index in [1.807, 2.05) is 26.0 Å². The number of carboxylic acid groups (broad SMARTS) is 1. The second-order valence-electron chi connectivity index (χ2n) is 11.0. The minimum absolute atomic E-state index is 0.0827. The van der Waals surface area contributed by atoms with Crippen molar-refractivity contribution in [3.8, 4) is 0 Å². The molecule has 12 heteroatoms. The Hall–Kier alpha value is -3.86. The van der Waals surface area contributed by atoms with Crippen molar-refractivity contribution in [1.82, 2.24) is 19.4 Å². The molecular weight excluding hydrogens is 536 g/mol. The van der Waals surface area contributed by atoms with Crippen LogP contribution in [0.25, 0.3) is 10.9 Å². The summed E-state index contributed by atoms with van der Waals surface area (Å²) in [5, 5.41) is 13.4. The van der Waals surface area contributed by atoms with Crippen LogP contribution >= 0.6 is 11.6 Å². The van der Waals surface area contributed by atoms with Crippen molar-refractivity contribution in [2.24, 2.45) is 18.9 Å². The summed E-state index contributed by atoms with van der Waals surface area (Å²) in [5.74, 6) is -0.184. The van der Waals surface area contributed by atoms with E-state index < -0.39 is 12.0 Å². The summed E-state index contributed by atoms with van der Waals surface area (Å²) < 4.78 is 7.36. The van der Waals surface area contributed by atoms with Gasteiger partial charge in [-0.05, 0) is 50.5 Å². The van der Waals surface area contributed by atoms with Gasteiger partial charge in [0, 0.05) is 50.6 Å². The monoisotopic (exact) mass is 566 g/mol. The lowest BCUT2D eigenvalue weighted by molar-refractivity contribution is 0.0691. The maximum Gasteiger partial charge on any atom is 0.410 e. The van der Waals surface area contributed by atoms with E-state index in [0.717, 1.165) is 37.1 Å². The molecule has 2 saturated heterocycles. The number of piperidine rings is 1. The molecule has 2 aromatic heterocycles. The van der Waals surface area contributed by atoms with Crippen molar-refractivity contribution in [3.63, 3.8) is 0 Å². The molecule has 0 bridgehead atoms. The maximum absolute atomic E-state index is 13.5. The summed E-state index contributed by atoms with van der Waals surface area (Å²) in [6, 6.07) is 6.49. The average molecular weight is 567 g/mol. The highest BCUT2D eigenvalue weighted by atomic mass is 35.5. The number of amides is 1. The Kier molecular flexibility index (Phi) is 6.56. The number of aromatic nitrogens is 3. The molecule has 40 heavy (non-hydrogen) atoms. The first-order valence-electron chi connectivity index (χ1n) is 13.5. The van der Waals surface area contributed by atoms with Gasteiger partial charge >= 0.3 is 12.1 Å². The fourth-order valence-corrected chi connectivity index (χ4v) is 6.23. The molecule has 0 radical (unpaired) electrons.